The Balaban J connectivity index is 1.07. The normalized spacial score (nSPS) is 12.7. The van der Waals surface area contributed by atoms with Crippen molar-refractivity contribution >= 4 is 99.3 Å². The van der Waals surface area contributed by atoms with Gasteiger partial charge in [-0.05, 0) is 192 Å². The van der Waals surface area contributed by atoms with Crippen LogP contribution in [0, 0.1) is 11.3 Å². The highest BCUT2D eigenvalue weighted by molar-refractivity contribution is 6.13. The van der Waals surface area contributed by atoms with E-state index in [1.807, 2.05) is 0 Å². The summed E-state index contributed by atoms with van der Waals surface area (Å²) in [6.45, 7) is 27.6. The molecule has 0 bridgehead atoms. The standard InChI is InChI=1S/C97H81N9/c1-94(2,3)67-37-45-78-71(53-67)72-54-68(95(4,5)6)38-46-79(72)101(78)88-57-89(102-80-47-39-69(96(7,8)9)55-73(80)74-56-70(97(10,11)12)40-48-81(74)102)91(106-83-44-36-66(62-31-23-16-24-32-62)52-87(83)104-85-50-64(60-27-19-14-20-28-60)34-42-77(85)100-93(104)106)75(58-98)90(88)105-82-43-35-65(61-29-21-15-22-30-61)51-86(82)103-84-49-63(59-25-17-13-18-26-59)33-41-76(84)99-92(103)105/h13-57H,1-12H3. The first-order chi connectivity index (χ1) is 51.0. The summed E-state index contributed by atoms with van der Waals surface area (Å²) in [5.41, 5.74) is 27.6. The zero-order chi connectivity index (χ0) is 72.6. The Morgan fingerprint density at radius 2 is 0.528 bits per heavy atom. The molecule has 514 valence electrons. The SMILES string of the molecule is CC(C)(C)c1ccc2c(c1)c1cc(C(C)(C)C)ccc1n2-c1cc(-n2c3ccc(C(C)(C)C)cc3c3cc(C(C)(C)C)ccc32)c(-n2c3ccc(-c4ccccc4)cc3n3c4cc(-c5ccccc5)ccc4nc23)c(C#N)c1-n1c2ccc(-c3ccccc3)cc2n2c3cc(-c4ccccc4)ccc3nc12. The number of hydrogen-bond acceptors (Lipinski definition) is 3. The zero-order valence-corrected chi connectivity index (χ0v) is 62.0. The van der Waals surface area contributed by atoms with Crippen molar-refractivity contribution in [1.82, 2.24) is 37.0 Å². The molecule has 0 fully saturated rings. The van der Waals surface area contributed by atoms with Crippen LogP contribution < -0.4 is 0 Å². The van der Waals surface area contributed by atoms with Crippen LogP contribution in [0.5, 0.6) is 0 Å². The van der Waals surface area contributed by atoms with Crippen molar-refractivity contribution in [3.8, 4) is 73.3 Å². The molecule has 0 saturated carbocycles. The third-order valence-corrected chi connectivity index (χ3v) is 22.3. The topological polar surface area (TPSA) is 78.1 Å². The maximum Gasteiger partial charge on any atom is 0.220 e. The molecule has 6 heterocycles. The summed E-state index contributed by atoms with van der Waals surface area (Å²) in [5.74, 6) is 1.33. The van der Waals surface area contributed by atoms with Crippen LogP contribution in [0.15, 0.2) is 273 Å². The summed E-state index contributed by atoms with van der Waals surface area (Å²) in [4.78, 5) is 11.7. The molecule has 0 amide bonds. The van der Waals surface area contributed by atoms with E-state index in [0.717, 1.165) is 144 Å². The fourth-order valence-corrected chi connectivity index (χ4v) is 16.5. The van der Waals surface area contributed by atoms with Crippen molar-refractivity contribution in [3.63, 3.8) is 0 Å². The van der Waals surface area contributed by atoms with E-state index in [4.69, 9.17) is 9.97 Å². The van der Waals surface area contributed by atoms with Crippen LogP contribution in [-0.4, -0.2) is 37.0 Å². The first kappa shape index (κ1) is 64.3. The van der Waals surface area contributed by atoms with Gasteiger partial charge < -0.3 is 9.13 Å². The summed E-state index contributed by atoms with van der Waals surface area (Å²) < 4.78 is 14.3. The molecular weight excluding hydrogens is 1290 g/mol. The molecule has 0 spiro atoms. The van der Waals surface area contributed by atoms with E-state index in [0.29, 0.717) is 28.5 Å². The van der Waals surface area contributed by atoms with Gasteiger partial charge in [0.1, 0.15) is 11.6 Å². The van der Waals surface area contributed by atoms with E-state index >= 15 is 0 Å². The summed E-state index contributed by atoms with van der Waals surface area (Å²) in [6.07, 6.45) is 0. The highest BCUT2D eigenvalue weighted by Crippen LogP contribution is 2.49. The summed E-state index contributed by atoms with van der Waals surface area (Å²) >= 11 is 0. The van der Waals surface area contributed by atoms with Crippen molar-refractivity contribution < 1.29 is 0 Å². The molecule has 13 aromatic carbocycles. The van der Waals surface area contributed by atoms with Crippen LogP contribution in [0.25, 0.3) is 167 Å². The van der Waals surface area contributed by atoms with E-state index in [1.165, 1.54) is 22.3 Å². The Morgan fingerprint density at radius 1 is 0.255 bits per heavy atom. The van der Waals surface area contributed by atoms with Crippen LogP contribution in [0.3, 0.4) is 0 Å². The minimum Gasteiger partial charge on any atom is -0.307 e. The van der Waals surface area contributed by atoms with Gasteiger partial charge in [0.25, 0.3) is 0 Å². The largest absolute Gasteiger partial charge is 0.307 e. The molecule has 0 radical (unpaired) electrons. The maximum absolute atomic E-state index is 13.6. The minimum atomic E-state index is -0.167. The van der Waals surface area contributed by atoms with Gasteiger partial charge >= 0.3 is 0 Å². The van der Waals surface area contributed by atoms with Crippen molar-refractivity contribution in [3.05, 3.63) is 301 Å². The Hall–Kier alpha value is -12.5. The van der Waals surface area contributed by atoms with Crippen molar-refractivity contribution in [2.24, 2.45) is 0 Å². The van der Waals surface area contributed by atoms with Crippen molar-refractivity contribution in [2.75, 3.05) is 0 Å². The zero-order valence-electron chi connectivity index (χ0n) is 62.0. The highest BCUT2D eigenvalue weighted by atomic mass is 15.3. The second-order valence-electron chi connectivity index (χ2n) is 33.1. The first-order valence-electron chi connectivity index (χ1n) is 37.0. The predicted molar refractivity (Wildman–Crippen MR) is 443 cm³/mol. The quantitative estimate of drug-likeness (QED) is 0.152. The molecule has 0 unspecified atom stereocenters. The lowest BCUT2D eigenvalue weighted by molar-refractivity contribution is 0.590. The fraction of sp³-hybridized carbons (Fsp3) is 0.165. The van der Waals surface area contributed by atoms with Crippen LogP contribution in [0.4, 0.5) is 0 Å². The molecule has 0 saturated heterocycles. The number of imidazole rings is 4. The van der Waals surface area contributed by atoms with Crippen LogP contribution in [-0.2, 0) is 21.7 Å². The Labute approximate surface area is 616 Å². The second-order valence-corrected chi connectivity index (χ2v) is 33.1. The van der Waals surface area contributed by atoms with Gasteiger partial charge in [0.2, 0.25) is 11.6 Å². The third-order valence-electron chi connectivity index (χ3n) is 22.3. The van der Waals surface area contributed by atoms with Crippen LogP contribution in [0.2, 0.25) is 0 Å². The lowest BCUT2D eigenvalue weighted by atomic mass is 9.85. The lowest BCUT2D eigenvalue weighted by Crippen LogP contribution is -2.15. The van der Waals surface area contributed by atoms with E-state index < -0.39 is 0 Å². The lowest BCUT2D eigenvalue weighted by Gasteiger charge is -2.25. The number of benzene rings is 13. The molecule has 0 aliphatic carbocycles. The summed E-state index contributed by atoms with van der Waals surface area (Å²) in [7, 11) is 0. The van der Waals surface area contributed by atoms with Gasteiger partial charge in [-0.25, -0.2) is 9.97 Å². The smallest absolute Gasteiger partial charge is 0.220 e. The molecule has 6 aromatic heterocycles. The molecule has 0 aliphatic rings. The van der Waals surface area contributed by atoms with Crippen molar-refractivity contribution in [1.29, 1.82) is 5.26 Å². The van der Waals surface area contributed by atoms with Gasteiger partial charge in [-0.2, -0.15) is 5.26 Å². The van der Waals surface area contributed by atoms with E-state index in [2.05, 4.69) is 389 Å². The highest BCUT2D eigenvalue weighted by Gasteiger charge is 2.35. The number of fused-ring (bicyclic) bond motifs is 16. The molecule has 9 heteroatoms. The van der Waals surface area contributed by atoms with E-state index in [9.17, 15) is 5.26 Å². The summed E-state index contributed by atoms with van der Waals surface area (Å²) in [6, 6.07) is 103. The molecule has 19 rings (SSSR count). The molecule has 0 atom stereocenters. The van der Waals surface area contributed by atoms with Crippen LogP contribution in [0.1, 0.15) is 111 Å². The minimum absolute atomic E-state index is 0.167. The number of nitrogens with zero attached hydrogens (tertiary/aromatic N) is 9. The Kier molecular flexibility index (Phi) is 14.1. The molecule has 0 aliphatic heterocycles. The van der Waals surface area contributed by atoms with Crippen LogP contribution >= 0.6 is 0 Å². The Bertz CT molecular complexity index is 6340. The van der Waals surface area contributed by atoms with Gasteiger partial charge in [0.15, 0.2) is 0 Å². The number of aromatic nitrogens is 8. The molecule has 0 N–H and O–H groups in total. The van der Waals surface area contributed by atoms with E-state index in [1.54, 1.807) is 0 Å². The van der Waals surface area contributed by atoms with Gasteiger partial charge in [-0.15, -0.1) is 0 Å². The monoisotopic (exact) mass is 1370 g/mol. The number of hydrogen-bond donors (Lipinski definition) is 0. The summed E-state index contributed by atoms with van der Waals surface area (Å²) in [5, 5.41) is 18.1. The number of nitriles is 1. The fourth-order valence-electron chi connectivity index (χ4n) is 16.5. The first-order valence-corrected chi connectivity index (χ1v) is 37.0. The number of rotatable bonds is 8. The van der Waals surface area contributed by atoms with Gasteiger partial charge in [-0.1, -0.05) is 253 Å². The van der Waals surface area contributed by atoms with Gasteiger partial charge in [0.05, 0.1) is 88.9 Å². The molecule has 19 aromatic rings. The third kappa shape index (κ3) is 10.0. The molecular formula is C97H81N9. The molecule has 106 heavy (non-hydrogen) atoms. The Morgan fingerprint density at radius 3 is 0.811 bits per heavy atom. The predicted octanol–water partition coefficient (Wildman–Crippen LogP) is 25.1. The second kappa shape index (κ2) is 23.2. The average molecular weight is 1370 g/mol. The molecule has 9 nitrogen and oxygen atoms in total. The van der Waals surface area contributed by atoms with Gasteiger partial charge in [-0.3, -0.25) is 17.9 Å². The van der Waals surface area contributed by atoms with Crippen molar-refractivity contribution in [2.45, 2.75) is 105 Å². The van der Waals surface area contributed by atoms with E-state index in [-0.39, 0.29) is 21.7 Å². The maximum atomic E-state index is 13.6. The average Bonchev–Trinajstić information content (AvgIpc) is 1.51. The van der Waals surface area contributed by atoms with Gasteiger partial charge in [0, 0.05) is 21.5 Å².